The lowest BCUT2D eigenvalue weighted by molar-refractivity contribution is -0.131. The summed E-state index contributed by atoms with van der Waals surface area (Å²) in [7, 11) is -3.30. The molecule has 1 fully saturated rings. The van der Waals surface area contributed by atoms with Crippen LogP contribution in [-0.2, 0) is 11.3 Å². The predicted molar refractivity (Wildman–Crippen MR) is 152 cm³/mol. The summed E-state index contributed by atoms with van der Waals surface area (Å²) in [5, 5.41) is 3.03. The molecule has 1 aliphatic rings. The van der Waals surface area contributed by atoms with E-state index < -0.39 is 13.8 Å². The van der Waals surface area contributed by atoms with Crippen molar-refractivity contribution < 1.29 is 9.59 Å². The molecule has 0 spiro atoms. The van der Waals surface area contributed by atoms with Crippen molar-refractivity contribution in [1.29, 1.82) is 0 Å². The van der Waals surface area contributed by atoms with Crippen molar-refractivity contribution in [2.24, 2.45) is 0 Å². The number of hydrogen-bond donors (Lipinski definition) is 0. The molecule has 4 nitrogen and oxygen atoms in total. The summed E-state index contributed by atoms with van der Waals surface area (Å²) in [5.74, 6) is -0.0957. The molecule has 0 aromatic heterocycles. The van der Waals surface area contributed by atoms with Crippen molar-refractivity contribution in [3.05, 3.63) is 127 Å². The van der Waals surface area contributed by atoms with Gasteiger partial charge in [0.15, 0.2) is 0 Å². The van der Waals surface area contributed by atoms with Gasteiger partial charge >= 0.3 is 6.03 Å². The molecule has 1 aliphatic heterocycles. The van der Waals surface area contributed by atoms with Crippen LogP contribution in [0.2, 0.25) is 0 Å². The van der Waals surface area contributed by atoms with E-state index in [1.54, 1.807) is 4.57 Å². The maximum Gasteiger partial charge on any atom is 0.320 e. The second-order valence-electron chi connectivity index (χ2n) is 9.54. The Bertz CT molecular complexity index is 1260. The highest BCUT2D eigenvalue weighted by molar-refractivity contribution is 7.11. The van der Waals surface area contributed by atoms with Crippen molar-refractivity contribution in [3.63, 3.8) is 0 Å². The van der Waals surface area contributed by atoms with Gasteiger partial charge in [-0.3, -0.25) is 9.36 Å². The molecule has 0 atom stereocenters. The molecule has 0 N–H and O–H groups in total. The van der Waals surface area contributed by atoms with Gasteiger partial charge < -0.3 is 4.90 Å². The van der Waals surface area contributed by atoms with Crippen LogP contribution >= 0.6 is 0 Å². The zero-order valence-electron chi connectivity index (χ0n) is 21.4. The Morgan fingerprint density at radius 1 is 0.595 bits per heavy atom. The Labute approximate surface area is 220 Å². The van der Waals surface area contributed by atoms with Crippen molar-refractivity contribution in [2.45, 2.75) is 38.8 Å². The van der Waals surface area contributed by atoms with Crippen LogP contribution in [0.15, 0.2) is 121 Å². The predicted octanol–water partition coefficient (Wildman–Crippen LogP) is 4.68. The lowest BCUT2D eigenvalue weighted by Gasteiger charge is -2.39. The van der Waals surface area contributed by atoms with Crippen LogP contribution in [0.5, 0.6) is 0 Å². The summed E-state index contributed by atoms with van der Waals surface area (Å²) in [4.78, 5) is 31.3. The minimum absolute atomic E-state index is 0.0957. The molecule has 0 aliphatic carbocycles. The maximum absolute atomic E-state index is 14.8. The first kappa shape index (κ1) is 24.7. The summed E-state index contributed by atoms with van der Waals surface area (Å²) in [6, 6.07) is 40.2. The second kappa shape index (κ2) is 10.2. The van der Waals surface area contributed by atoms with E-state index in [1.807, 2.05) is 104 Å². The molecule has 3 amide bonds. The van der Waals surface area contributed by atoms with Gasteiger partial charge in [-0.05, 0) is 34.0 Å². The van der Waals surface area contributed by atoms with E-state index in [2.05, 4.69) is 36.4 Å². The van der Waals surface area contributed by atoms with E-state index in [0.717, 1.165) is 21.1 Å². The van der Waals surface area contributed by atoms with Gasteiger partial charge in [-0.15, -0.1) is 0 Å². The molecular formula is C32H32N2O2Si. The van der Waals surface area contributed by atoms with Crippen LogP contribution in [0.1, 0.15) is 32.3 Å². The van der Waals surface area contributed by atoms with Gasteiger partial charge in [0.25, 0.3) is 8.24 Å². The molecule has 37 heavy (non-hydrogen) atoms. The van der Waals surface area contributed by atoms with Crippen LogP contribution in [0, 0.1) is 0 Å². The minimum atomic E-state index is -3.30. The number of urea groups is 1. The summed E-state index contributed by atoms with van der Waals surface area (Å²) in [6.07, 6.45) is 1.11. The van der Waals surface area contributed by atoms with Crippen molar-refractivity contribution in [3.8, 4) is 0 Å². The third-order valence-electron chi connectivity index (χ3n) is 7.80. The smallest absolute Gasteiger partial charge is 0.306 e. The molecule has 5 heteroatoms. The molecule has 0 radical (unpaired) electrons. The summed E-state index contributed by atoms with van der Waals surface area (Å²) in [6.45, 7) is 4.44. The Morgan fingerprint density at radius 3 is 1.35 bits per heavy atom. The number of hydrogen-bond acceptors (Lipinski definition) is 2. The molecule has 1 heterocycles. The number of rotatable bonds is 8. The van der Waals surface area contributed by atoms with Gasteiger partial charge in [0, 0.05) is 6.54 Å². The monoisotopic (exact) mass is 504 g/mol. The Balaban J connectivity index is 1.81. The summed E-state index contributed by atoms with van der Waals surface area (Å²) >= 11 is 0. The van der Waals surface area contributed by atoms with E-state index in [1.165, 1.54) is 0 Å². The first-order chi connectivity index (χ1) is 18.1. The largest absolute Gasteiger partial charge is 0.320 e. The summed E-state index contributed by atoms with van der Waals surface area (Å²) in [5.41, 5.74) is 0.118. The average molecular weight is 505 g/mol. The molecule has 4 aromatic rings. The standard InChI is InChI=1S/C32H32N2O2Si/c1-3-32(4-2)30(35)34(31(36)33(32)25-26-17-9-5-10-18-26)37(27-19-11-6-12-20-27,28-21-13-7-14-22-28)29-23-15-8-16-24-29/h5-24H,3-4,25H2,1-2H3. The fourth-order valence-electron chi connectivity index (χ4n) is 5.85. The lowest BCUT2D eigenvalue weighted by atomic mass is 9.91. The van der Waals surface area contributed by atoms with Crippen LogP contribution in [0.3, 0.4) is 0 Å². The van der Waals surface area contributed by atoms with Gasteiger partial charge in [-0.2, -0.15) is 0 Å². The number of carbonyl (C=O) groups excluding carboxylic acids is 2. The molecule has 4 aromatic carbocycles. The lowest BCUT2D eigenvalue weighted by Crippen LogP contribution is -2.78. The molecule has 1 saturated heterocycles. The number of carbonyl (C=O) groups is 2. The average Bonchev–Trinajstić information content (AvgIpc) is 3.17. The quantitative estimate of drug-likeness (QED) is 0.199. The Kier molecular flexibility index (Phi) is 6.81. The van der Waals surface area contributed by atoms with Crippen molar-refractivity contribution in [2.75, 3.05) is 0 Å². The van der Waals surface area contributed by atoms with E-state index in [-0.39, 0.29) is 11.9 Å². The van der Waals surface area contributed by atoms with E-state index in [0.29, 0.717) is 19.4 Å². The Hall–Kier alpha value is -3.96. The zero-order valence-corrected chi connectivity index (χ0v) is 22.4. The van der Waals surface area contributed by atoms with E-state index in [4.69, 9.17) is 0 Å². The summed E-state index contributed by atoms with van der Waals surface area (Å²) < 4.78 is 1.68. The van der Waals surface area contributed by atoms with Crippen LogP contribution < -0.4 is 15.6 Å². The molecule has 0 unspecified atom stereocenters. The third kappa shape index (κ3) is 3.90. The van der Waals surface area contributed by atoms with Crippen molar-refractivity contribution in [1.82, 2.24) is 9.47 Å². The Morgan fingerprint density at radius 2 is 0.973 bits per heavy atom. The van der Waals surface area contributed by atoms with Gasteiger partial charge in [0.1, 0.15) is 5.54 Å². The fourth-order valence-corrected chi connectivity index (χ4v) is 10.6. The molecule has 5 rings (SSSR count). The van der Waals surface area contributed by atoms with Gasteiger partial charge in [0.05, 0.1) is 0 Å². The molecule has 0 saturated carbocycles. The SMILES string of the molecule is CCC1(CC)C(=O)N([Si](c2ccccc2)(c2ccccc2)c2ccccc2)C(=O)N1Cc1ccccc1. The van der Waals surface area contributed by atoms with E-state index in [9.17, 15) is 9.59 Å². The third-order valence-corrected chi connectivity index (χ3v) is 12.4. The zero-order chi connectivity index (χ0) is 25.9. The fraction of sp³-hybridized carbons (Fsp3) is 0.188. The topological polar surface area (TPSA) is 40.6 Å². The number of amides is 3. The van der Waals surface area contributed by atoms with Crippen LogP contribution in [0.25, 0.3) is 0 Å². The maximum atomic E-state index is 14.8. The van der Waals surface area contributed by atoms with Crippen LogP contribution in [-0.4, -0.2) is 35.2 Å². The van der Waals surface area contributed by atoms with Gasteiger partial charge in [-0.1, -0.05) is 135 Å². The normalized spacial score (nSPS) is 15.3. The highest BCUT2D eigenvalue weighted by atomic mass is 28.3. The first-order valence-corrected chi connectivity index (χ1v) is 14.9. The number of benzene rings is 4. The first-order valence-electron chi connectivity index (χ1n) is 13.0. The second-order valence-corrected chi connectivity index (χ2v) is 13.1. The molecular weight excluding hydrogens is 472 g/mol. The molecule has 0 bridgehead atoms. The number of imide groups is 1. The van der Waals surface area contributed by atoms with E-state index >= 15 is 0 Å². The van der Waals surface area contributed by atoms with Crippen LogP contribution in [0.4, 0.5) is 4.79 Å². The van der Waals surface area contributed by atoms with Gasteiger partial charge in [0.2, 0.25) is 5.91 Å². The van der Waals surface area contributed by atoms with Gasteiger partial charge in [-0.25, -0.2) is 4.79 Å². The highest BCUT2D eigenvalue weighted by Crippen LogP contribution is 2.38. The number of nitrogens with zero attached hydrogens (tertiary/aromatic N) is 2. The highest BCUT2D eigenvalue weighted by Gasteiger charge is 2.63. The minimum Gasteiger partial charge on any atom is -0.306 e. The van der Waals surface area contributed by atoms with Crippen molar-refractivity contribution >= 4 is 35.7 Å². The molecule has 186 valence electrons.